The molecule has 2 aliphatic heterocycles. The minimum Gasteiger partial charge on any atom is -0.381 e. The monoisotopic (exact) mass is 492 g/mol. The van der Waals surface area contributed by atoms with Gasteiger partial charge in [-0.1, -0.05) is 25.7 Å². The first-order valence-electron chi connectivity index (χ1n) is 11.2. The lowest BCUT2D eigenvalue weighted by molar-refractivity contribution is -0.0139. The highest BCUT2D eigenvalue weighted by Gasteiger charge is 2.39. The molecule has 3 rings (SSSR count). The van der Waals surface area contributed by atoms with Gasteiger partial charge in [-0.2, -0.15) is 0 Å². The number of ether oxygens (including phenoxy) is 1. The normalized spacial score (nSPS) is 24.0. The maximum atomic E-state index is 5.66. The lowest BCUT2D eigenvalue weighted by atomic mass is 9.88. The molecule has 2 heterocycles. The third-order valence-corrected chi connectivity index (χ3v) is 6.63. The van der Waals surface area contributed by atoms with Crippen LogP contribution < -0.4 is 10.6 Å². The van der Waals surface area contributed by atoms with Crippen molar-refractivity contribution < 1.29 is 4.74 Å². The third-order valence-electron chi connectivity index (χ3n) is 6.63. The molecule has 0 amide bonds. The number of likely N-dealkylation sites (tertiary alicyclic amines) is 1. The number of hydrogen-bond donors (Lipinski definition) is 2. The van der Waals surface area contributed by atoms with Crippen LogP contribution in [0.1, 0.15) is 71.1 Å². The summed E-state index contributed by atoms with van der Waals surface area (Å²) in [6.07, 6.45) is 13.4. The van der Waals surface area contributed by atoms with Crippen molar-refractivity contribution in [2.24, 2.45) is 10.9 Å². The number of hydrogen-bond acceptors (Lipinski definition) is 3. The fourth-order valence-corrected chi connectivity index (χ4v) is 4.98. The predicted molar refractivity (Wildman–Crippen MR) is 124 cm³/mol. The predicted octanol–water partition coefficient (Wildman–Crippen LogP) is 3.77. The molecule has 0 aromatic rings. The van der Waals surface area contributed by atoms with E-state index < -0.39 is 0 Å². The average Bonchev–Trinajstić information content (AvgIpc) is 3.38. The van der Waals surface area contributed by atoms with E-state index in [0.717, 1.165) is 57.6 Å². The summed E-state index contributed by atoms with van der Waals surface area (Å²) in [5, 5.41) is 7.03. The molecule has 0 aromatic heterocycles. The third kappa shape index (κ3) is 7.03. The van der Waals surface area contributed by atoms with E-state index in [2.05, 4.69) is 22.5 Å². The molecule has 1 saturated carbocycles. The van der Waals surface area contributed by atoms with Crippen molar-refractivity contribution in [1.82, 2.24) is 15.5 Å². The van der Waals surface area contributed by atoms with E-state index in [-0.39, 0.29) is 29.5 Å². The lowest BCUT2D eigenvalue weighted by Crippen LogP contribution is -2.54. The summed E-state index contributed by atoms with van der Waals surface area (Å²) >= 11 is 0. The van der Waals surface area contributed by atoms with Crippen LogP contribution in [-0.4, -0.2) is 62.3 Å². The summed E-state index contributed by atoms with van der Waals surface area (Å²) in [7, 11) is 0. The Morgan fingerprint density at radius 1 is 1.07 bits per heavy atom. The van der Waals surface area contributed by atoms with Gasteiger partial charge >= 0.3 is 0 Å². The summed E-state index contributed by atoms with van der Waals surface area (Å²) in [5.74, 6) is 1.99. The second-order valence-corrected chi connectivity index (χ2v) is 8.45. The Bertz CT molecular complexity index is 428. The first kappa shape index (κ1) is 23.2. The Hall–Kier alpha value is -0.0800. The Kier molecular flexibility index (Phi) is 10.7. The van der Waals surface area contributed by atoms with E-state index >= 15 is 0 Å². The van der Waals surface area contributed by atoms with Gasteiger partial charge in [0, 0.05) is 31.8 Å². The van der Waals surface area contributed by atoms with Crippen LogP contribution in [0.4, 0.5) is 0 Å². The molecule has 27 heavy (non-hydrogen) atoms. The minimum atomic E-state index is 0. The molecular weight excluding hydrogens is 451 g/mol. The minimum absolute atomic E-state index is 0. The molecule has 3 aliphatic rings. The first-order chi connectivity index (χ1) is 12.8. The molecule has 2 saturated heterocycles. The van der Waals surface area contributed by atoms with Crippen LogP contribution in [0.15, 0.2) is 4.99 Å². The molecular formula is C21H41IN4O. The van der Waals surface area contributed by atoms with Crippen LogP contribution in [-0.2, 0) is 4.74 Å². The van der Waals surface area contributed by atoms with Crippen molar-refractivity contribution in [3.63, 3.8) is 0 Å². The standard InChI is InChI=1S/C21H40N4O.HI/c1-2-22-20(23-13-7-10-19-8-3-4-9-19)24-18-21(11-16-26-17-12-21)25-14-5-6-15-25;/h19H,2-18H2,1H3,(H2,22,23,24);1H. The number of halogens is 1. The number of nitrogens with zero attached hydrogens (tertiary/aromatic N) is 2. The van der Waals surface area contributed by atoms with Gasteiger partial charge in [-0.05, 0) is 64.5 Å². The van der Waals surface area contributed by atoms with Crippen molar-refractivity contribution in [3.05, 3.63) is 0 Å². The zero-order valence-electron chi connectivity index (χ0n) is 17.3. The van der Waals surface area contributed by atoms with E-state index in [9.17, 15) is 0 Å². The van der Waals surface area contributed by atoms with Gasteiger partial charge in [-0.25, -0.2) is 0 Å². The van der Waals surface area contributed by atoms with Crippen LogP contribution in [0.2, 0.25) is 0 Å². The summed E-state index contributed by atoms with van der Waals surface area (Å²) in [6.45, 7) is 9.27. The second-order valence-electron chi connectivity index (χ2n) is 8.45. The maximum Gasteiger partial charge on any atom is 0.191 e. The zero-order valence-corrected chi connectivity index (χ0v) is 19.6. The van der Waals surface area contributed by atoms with E-state index in [1.807, 2.05) is 0 Å². The van der Waals surface area contributed by atoms with Crippen molar-refractivity contribution in [3.8, 4) is 0 Å². The van der Waals surface area contributed by atoms with Gasteiger partial charge in [0.1, 0.15) is 0 Å². The maximum absolute atomic E-state index is 5.66. The molecule has 0 aromatic carbocycles. The van der Waals surface area contributed by atoms with Crippen LogP contribution in [0.5, 0.6) is 0 Å². The number of aliphatic imine (C=N–C) groups is 1. The molecule has 0 unspecified atom stereocenters. The highest BCUT2D eigenvalue weighted by Crippen LogP contribution is 2.31. The highest BCUT2D eigenvalue weighted by molar-refractivity contribution is 14.0. The number of guanidine groups is 1. The van der Waals surface area contributed by atoms with Gasteiger partial charge in [0.2, 0.25) is 0 Å². The number of rotatable bonds is 8. The average molecular weight is 492 g/mol. The van der Waals surface area contributed by atoms with E-state index in [1.54, 1.807) is 0 Å². The Morgan fingerprint density at radius 3 is 2.44 bits per heavy atom. The number of nitrogens with one attached hydrogen (secondary N) is 2. The lowest BCUT2D eigenvalue weighted by Gasteiger charge is -2.43. The van der Waals surface area contributed by atoms with E-state index in [4.69, 9.17) is 9.73 Å². The summed E-state index contributed by atoms with van der Waals surface area (Å²) in [6, 6.07) is 0. The molecule has 3 fully saturated rings. The van der Waals surface area contributed by atoms with Crippen LogP contribution in [0, 0.1) is 5.92 Å². The van der Waals surface area contributed by atoms with Crippen molar-refractivity contribution in [2.45, 2.75) is 76.7 Å². The largest absolute Gasteiger partial charge is 0.381 e. The smallest absolute Gasteiger partial charge is 0.191 e. The van der Waals surface area contributed by atoms with E-state index in [1.165, 1.54) is 64.5 Å². The van der Waals surface area contributed by atoms with Gasteiger partial charge in [-0.15, -0.1) is 24.0 Å². The van der Waals surface area contributed by atoms with Crippen LogP contribution in [0.25, 0.3) is 0 Å². The molecule has 0 spiro atoms. The van der Waals surface area contributed by atoms with Gasteiger partial charge in [0.25, 0.3) is 0 Å². The highest BCUT2D eigenvalue weighted by atomic mass is 127. The van der Waals surface area contributed by atoms with Crippen LogP contribution in [0.3, 0.4) is 0 Å². The second kappa shape index (κ2) is 12.5. The molecule has 0 radical (unpaired) electrons. The van der Waals surface area contributed by atoms with Gasteiger partial charge in [0.05, 0.1) is 6.54 Å². The molecule has 5 nitrogen and oxygen atoms in total. The summed E-state index contributed by atoms with van der Waals surface area (Å²) in [4.78, 5) is 7.72. The van der Waals surface area contributed by atoms with Crippen molar-refractivity contribution in [1.29, 1.82) is 0 Å². The van der Waals surface area contributed by atoms with E-state index in [0.29, 0.717) is 0 Å². The molecule has 1 aliphatic carbocycles. The fraction of sp³-hybridized carbons (Fsp3) is 0.952. The molecule has 158 valence electrons. The quantitative estimate of drug-likeness (QED) is 0.235. The molecule has 2 N–H and O–H groups in total. The van der Waals surface area contributed by atoms with Crippen LogP contribution >= 0.6 is 24.0 Å². The van der Waals surface area contributed by atoms with Gasteiger partial charge in [-0.3, -0.25) is 9.89 Å². The molecule has 6 heteroatoms. The SMILES string of the molecule is CCNC(=NCC1(N2CCCC2)CCOCC1)NCCCC1CCCC1.I. The van der Waals surface area contributed by atoms with Gasteiger partial charge in [0.15, 0.2) is 5.96 Å². The van der Waals surface area contributed by atoms with Crippen molar-refractivity contribution >= 4 is 29.9 Å². The Morgan fingerprint density at radius 2 is 1.78 bits per heavy atom. The summed E-state index contributed by atoms with van der Waals surface area (Å²) < 4.78 is 5.66. The first-order valence-corrected chi connectivity index (χ1v) is 11.2. The van der Waals surface area contributed by atoms with Crippen molar-refractivity contribution in [2.75, 3.05) is 45.9 Å². The topological polar surface area (TPSA) is 48.9 Å². The zero-order chi connectivity index (χ0) is 18.1. The molecule has 0 bridgehead atoms. The van der Waals surface area contributed by atoms with Gasteiger partial charge < -0.3 is 15.4 Å². The molecule has 0 atom stereocenters. The Balaban J connectivity index is 0.00000261. The summed E-state index contributed by atoms with van der Waals surface area (Å²) in [5.41, 5.74) is 0.223. The Labute approximate surface area is 183 Å². The fourth-order valence-electron chi connectivity index (χ4n) is 4.98.